The summed E-state index contributed by atoms with van der Waals surface area (Å²) in [5.74, 6) is 2.16. The zero-order valence-electron chi connectivity index (χ0n) is 8.75. The van der Waals surface area contributed by atoms with Gasteiger partial charge in [0, 0.05) is 11.8 Å². The minimum atomic E-state index is -0.162. The van der Waals surface area contributed by atoms with Gasteiger partial charge in [-0.25, -0.2) is 0 Å². The molecular formula is C10H14BrNO2S. The van der Waals surface area contributed by atoms with Gasteiger partial charge in [-0.15, -0.1) is 0 Å². The predicted molar refractivity (Wildman–Crippen MR) is 66.3 cm³/mol. The highest BCUT2D eigenvalue weighted by molar-refractivity contribution is 9.10. The number of hydrogen-bond acceptors (Lipinski definition) is 3. The van der Waals surface area contributed by atoms with E-state index < -0.39 is 0 Å². The first-order chi connectivity index (χ1) is 7.13. The van der Waals surface area contributed by atoms with Crippen LogP contribution in [0.1, 0.15) is 24.4 Å². The molecule has 0 spiro atoms. The zero-order valence-corrected chi connectivity index (χ0v) is 11.2. The number of hydrogen-bond donors (Lipinski definition) is 1. The van der Waals surface area contributed by atoms with Gasteiger partial charge in [-0.2, -0.15) is 11.8 Å². The first-order valence-electron chi connectivity index (χ1n) is 4.77. The van der Waals surface area contributed by atoms with Gasteiger partial charge in [0.1, 0.15) is 0 Å². The summed E-state index contributed by atoms with van der Waals surface area (Å²) >= 11 is 4.96. The third-order valence-electron chi connectivity index (χ3n) is 1.75. The number of nitrogens with one attached hydrogen (secondary N) is 1. The standard InChI is InChI=1S/C10H14BrNO2S/c1-3-15-6-7(2)12-10(13)8-4-5-9(11)14-8/h4-5,7H,3,6H2,1-2H3,(H,12,13). The highest BCUT2D eigenvalue weighted by Crippen LogP contribution is 2.14. The molecule has 1 unspecified atom stereocenters. The molecule has 0 bridgehead atoms. The largest absolute Gasteiger partial charge is 0.444 e. The van der Waals surface area contributed by atoms with E-state index in [9.17, 15) is 4.79 Å². The van der Waals surface area contributed by atoms with E-state index in [0.717, 1.165) is 11.5 Å². The Kier molecular flexibility index (Phi) is 5.25. The lowest BCUT2D eigenvalue weighted by Crippen LogP contribution is -2.34. The predicted octanol–water partition coefficient (Wildman–Crippen LogP) is 2.91. The van der Waals surface area contributed by atoms with Gasteiger partial charge in [0.15, 0.2) is 10.4 Å². The Morgan fingerprint density at radius 2 is 2.40 bits per heavy atom. The number of rotatable bonds is 5. The number of carbonyl (C=O) groups excluding carboxylic acids is 1. The average Bonchev–Trinajstić information content (AvgIpc) is 2.61. The van der Waals surface area contributed by atoms with Crippen LogP contribution in [0, 0.1) is 0 Å². The van der Waals surface area contributed by atoms with Crippen molar-refractivity contribution in [3.8, 4) is 0 Å². The molecule has 0 aliphatic rings. The maximum absolute atomic E-state index is 11.6. The molecule has 0 aliphatic heterocycles. The fourth-order valence-electron chi connectivity index (χ4n) is 1.07. The van der Waals surface area contributed by atoms with Crippen molar-refractivity contribution < 1.29 is 9.21 Å². The van der Waals surface area contributed by atoms with Crippen LogP contribution in [0.2, 0.25) is 0 Å². The molecule has 1 rings (SSSR count). The Morgan fingerprint density at radius 3 is 2.93 bits per heavy atom. The fourth-order valence-corrected chi connectivity index (χ4v) is 2.05. The summed E-state index contributed by atoms with van der Waals surface area (Å²) in [5, 5.41) is 2.87. The molecule has 0 saturated heterocycles. The van der Waals surface area contributed by atoms with E-state index in [2.05, 4.69) is 28.2 Å². The van der Waals surface area contributed by atoms with E-state index >= 15 is 0 Å². The summed E-state index contributed by atoms with van der Waals surface area (Å²) in [6.45, 7) is 4.08. The Bertz CT molecular complexity index is 327. The topological polar surface area (TPSA) is 42.2 Å². The molecular weight excluding hydrogens is 278 g/mol. The van der Waals surface area contributed by atoms with Crippen molar-refractivity contribution >= 4 is 33.6 Å². The van der Waals surface area contributed by atoms with Gasteiger partial charge in [-0.3, -0.25) is 4.79 Å². The lowest BCUT2D eigenvalue weighted by Gasteiger charge is -2.11. The molecule has 5 heteroatoms. The maximum Gasteiger partial charge on any atom is 0.287 e. The number of furan rings is 1. The quantitative estimate of drug-likeness (QED) is 0.907. The Morgan fingerprint density at radius 1 is 1.67 bits per heavy atom. The monoisotopic (exact) mass is 291 g/mol. The minimum absolute atomic E-state index is 0.159. The van der Waals surface area contributed by atoms with Crippen molar-refractivity contribution in [2.45, 2.75) is 19.9 Å². The van der Waals surface area contributed by atoms with Crippen molar-refractivity contribution in [2.75, 3.05) is 11.5 Å². The van der Waals surface area contributed by atoms with E-state index in [1.54, 1.807) is 23.9 Å². The van der Waals surface area contributed by atoms with Crippen LogP contribution in [-0.4, -0.2) is 23.5 Å². The summed E-state index contributed by atoms with van der Waals surface area (Å²) in [4.78, 5) is 11.6. The maximum atomic E-state index is 11.6. The molecule has 1 N–H and O–H groups in total. The first-order valence-corrected chi connectivity index (χ1v) is 6.72. The normalized spacial score (nSPS) is 12.5. The minimum Gasteiger partial charge on any atom is -0.444 e. The van der Waals surface area contributed by atoms with Crippen LogP contribution in [0.3, 0.4) is 0 Å². The molecule has 0 saturated carbocycles. The van der Waals surface area contributed by atoms with Crippen LogP contribution < -0.4 is 5.32 Å². The molecule has 1 heterocycles. The Hall–Kier alpha value is -0.420. The smallest absolute Gasteiger partial charge is 0.287 e. The molecule has 15 heavy (non-hydrogen) atoms. The van der Waals surface area contributed by atoms with E-state index in [4.69, 9.17) is 4.42 Å². The van der Waals surface area contributed by atoms with Crippen molar-refractivity contribution in [3.63, 3.8) is 0 Å². The Labute approximate surface area is 102 Å². The molecule has 0 fully saturated rings. The first kappa shape index (κ1) is 12.6. The van der Waals surface area contributed by atoms with Gasteiger partial charge in [-0.05, 0) is 40.7 Å². The molecule has 1 aromatic rings. The van der Waals surface area contributed by atoms with E-state index in [0.29, 0.717) is 10.4 Å². The molecule has 0 aromatic carbocycles. The van der Waals surface area contributed by atoms with Gasteiger partial charge in [0.2, 0.25) is 0 Å². The molecule has 0 aliphatic carbocycles. The molecule has 84 valence electrons. The average molecular weight is 292 g/mol. The van der Waals surface area contributed by atoms with E-state index in [-0.39, 0.29) is 11.9 Å². The van der Waals surface area contributed by atoms with Gasteiger partial charge in [-0.1, -0.05) is 6.92 Å². The molecule has 1 aromatic heterocycles. The second-order valence-corrected chi connectivity index (χ2v) is 5.24. The van der Waals surface area contributed by atoms with Gasteiger partial charge in [0.05, 0.1) is 0 Å². The third kappa shape index (κ3) is 4.30. The second-order valence-electron chi connectivity index (χ2n) is 3.14. The molecule has 0 radical (unpaired) electrons. The molecule has 1 atom stereocenters. The van der Waals surface area contributed by atoms with Gasteiger partial charge in [0.25, 0.3) is 5.91 Å². The summed E-state index contributed by atoms with van der Waals surface area (Å²) < 4.78 is 5.72. The fraction of sp³-hybridized carbons (Fsp3) is 0.500. The lowest BCUT2D eigenvalue weighted by molar-refractivity contribution is 0.0914. The summed E-state index contributed by atoms with van der Waals surface area (Å²) in [6.07, 6.45) is 0. The number of halogens is 1. The van der Waals surface area contributed by atoms with Crippen molar-refractivity contribution in [2.24, 2.45) is 0 Å². The van der Waals surface area contributed by atoms with Crippen LogP contribution >= 0.6 is 27.7 Å². The number of amides is 1. The highest BCUT2D eigenvalue weighted by atomic mass is 79.9. The summed E-state index contributed by atoms with van der Waals surface area (Å²) in [5.41, 5.74) is 0. The zero-order chi connectivity index (χ0) is 11.3. The van der Waals surface area contributed by atoms with Crippen LogP contribution in [0.15, 0.2) is 21.2 Å². The molecule has 1 amide bonds. The lowest BCUT2D eigenvalue weighted by atomic mass is 10.3. The number of carbonyl (C=O) groups is 1. The van der Waals surface area contributed by atoms with Crippen LogP contribution in [0.5, 0.6) is 0 Å². The van der Waals surface area contributed by atoms with E-state index in [1.807, 2.05) is 6.92 Å². The van der Waals surface area contributed by atoms with Crippen molar-refractivity contribution in [3.05, 3.63) is 22.6 Å². The van der Waals surface area contributed by atoms with Crippen molar-refractivity contribution in [1.82, 2.24) is 5.32 Å². The number of thioether (sulfide) groups is 1. The second kappa shape index (κ2) is 6.23. The summed E-state index contributed by atoms with van der Waals surface area (Å²) in [6, 6.07) is 3.52. The SMILES string of the molecule is CCSCC(C)NC(=O)c1ccc(Br)o1. The highest BCUT2D eigenvalue weighted by Gasteiger charge is 2.12. The van der Waals surface area contributed by atoms with Crippen LogP contribution in [0.25, 0.3) is 0 Å². The molecule has 3 nitrogen and oxygen atoms in total. The Balaban J connectivity index is 2.42. The van der Waals surface area contributed by atoms with Crippen molar-refractivity contribution in [1.29, 1.82) is 0 Å². The summed E-state index contributed by atoms with van der Waals surface area (Å²) in [7, 11) is 0. The third-order valence-corrected chi connectivity index (χ3v) is 3.32. The van der Waals surface area contributed by atoms with Gasteiger partial charge < -0.3 is 9.73 Å². The van der Waals surface area contributed by atoms with Crippen LogP contribution in [0.4, 0.5) is 0 Å². The van der Waals surface area contributed by atoms with Crippen LogP contribution in [-0.2, 0) is 0 Å². The van der Waals surface area contributed by atoms with Gasteiger partial charge >= 0.3 is 0 Å². The van der Waals surface area contributed by atoms with E-state index in [1.165, 1.54) is 0 Å².